The minimum Gasteiger partial charge on any atom is -0.463 e. The first kappa shape index (κ1) is 17.0. The standard InChI is InChI=1S/C15H18N2O5S/c1-3-22-14(18)13-10(2)16-15(19)17-12(13)9-23(20,21)11-7-5-4-6-8-11/h4-8,12H,3,9H2,1-2H3,(H2,16,17,19). The lowest BCUT2D eigenvalue weighted by Crippen LogP contribution is -2.52. The minimum atomic E-state index is -3.67. The zero-order valence-electron chi connectivity index (χ0n) is 12.8. The number of hydrogen-bond donors (Lipinski definition) is 2. The number of carbonyl (C=O) groups excluding carboxylic acids is 2. The lowest BCUT2D eigenvalue weighted by molar-refractivity contribution is -0.138. The van der Waals surface area contributed by atoms with Crippen LogP contribution in [-0.2, 0) is 19.4 Å². The van der Waals surface area contributed by atoms with Crippen LogP contribution < -0.4 is 10.6 Å². The number of benzene rings is 1. The van der Waals surface area contributed by atoms with Gasteiger partial charge in [-0.25, -0.2) is 18.0 Å². The number of urea groups is 1. The van der Waals surface area contributed by atoms with E-state index in [0.29, 0.717) is 5.70 Å². The summed E-state index contributed by atoms with van der Waals surface area (Å²) in [7, 11) is -3.67. The molecule has 0 saturated heterocycles. The fourth-order valence-electron chi connectivity index (χ4n) is 2.34. The van der Waals surface area contributed by atoms with Crippen LogP contribution in [0.2, 0.25) is 0 Å². The molecule has 0 spiro atoms. The van der Waals surface area contributed by atoms with Gasteiger partial charge in [-0.1, -0.05) is 18.2 Å². The third kappa shape index (κ3) is 3.89. The van der Waals surface area contributed by atoms with Crippen molar-refractivity contribution in [3.8, 4) is 0 Å². The first-order valence-corrected chi connectivity index (χ1v) is 8.73. The molecule has 0 bridgehead atoms. The van der Waals surface area contributed by atoms with Crippen LogP contribution in [0.25, 0.3) is 0 Å². The van der Waals surface area contributed by atoms with E-state index in [0.717, 1.165) is 0 Å². The summed E-state index contributed by atoms with van der Waals surface area (Å²) in [5, 5.41) is 4.93. The van der Waals surface area contributed by atoms with E-state index in [1.54, 1.807) is 25.1 Å². The van der Waals surface area contributed by atoms with Gasteiger partial charge in [-0.2, -0.15) is 0 Å². The zero-order valence-corrected chi connectivity index (χ0v) is 13.6. The van der Waals surface area contributed by atoms with Gasteiger partial charge >= 0.3 is 12.0 Å². The molecule has 0 saturated carbocycles. The fourth-order valence-corrected chi connectivity index (χ4v) is 3.79. The monoisotopic (exact) mass is 338 g/mol. The van der Waals surface area contributed by atoms with Gasteiger partial charge < -0.3 is 15.4 Å². The van der Waals surface area contributed by atoms with Gasteiger partial charge in [0.2, 0.25) is 0 Å². The molecular weight excluding hydrogens is 320 g/mol. The number of esters is 1. The highest BCUT2D eigenvalue weighted by molar-refractivity contribution is 7.91. The smallest absolute Gasteiger partial charge is 0.337 e. The molecule has 1 atom stereocenters. The van der Waals surface area contributed by atoms with E-state index < -0.39 is 33.6 Å². The van der Waals surface area contributed by atoms with Crippen molar-refractivity contribution in [3.05, 3.63) is 41.6 Å². The molecule has 124 valence electrons. The molecule has 0 radical (unpaired) electrons. The molecule has 1 aromatic carbocycles. The Morgan fingerprint density at radius 1 is 1.26 bits per heavy atom. The molecular formula is C15H18N2O5S. The van der Waals surface area contributed by atoms with Gasteiger partial charge in [-0.3, -0.25) is 0 Å². The van der Waals surface area contributed by atoms with Gasteiger partial charge in [-0.05, 0) is 26.0 Å². The van der Waals surface area contributed by atoms with Crippen LogP contribution in [0.15, 0.2) is 46.5 Å². The molecule has 8 heteroatoms. The summed E-state index contributed by atoms with van der Waals surface area (Å²) in [6, 6.07) is 6.36. The van der Waals surface area contributed by atoms with Crippen molar-refractivity contribution in [2.75, 3.05) is 12.4 Å². The number of amides is 2. The van der Waals surface area contributed by atoms with E-state index in [9.17, 15) is 18.0 Å². The van der Waals surface area contributed by atoms with Gasteiger partial charge in [-0.15, -0.1) is 0 Å². The molecule has 23 heavy (non-hydrogen) atoms. The summed E-state index contributed by atoms with van der Waals surface area (Å²) in [5.41, 5.74) is 0.409. The minimum absolute atomic E-state index is 0.117. The predicted molar refractivity (Wildman–Crippen MR) is 83.3 cm³/mol. The molecule has 1 aliphatic heterocycles. The zero-order chi connectivity index (χ0) is 17.0. The van der Waals surface area contributed by atoms with Crippen LogP contribution in [0.3, 0.4) is 0 Å². The molecule has 7 nitrogen and oxygen atoms in total. The van der Waals surface area contributed by atoms with Crippen molar-refractivity contribution in [1.82, 2.24) is 10.6 Å². The highest BCUT2D eigenvalue weighted by atomic mass is 32.2. The average molecular weight is 338 g/mol. The Kier molecular flexibility index (Phi) is 5.05. The Hall–Kier alpha value is -2.35. The molecule has 2 amide bonds. The second-order valence-electron chi connectivity index (χ2n) is 5.00. The molecule has 2 N–H and O–H groups in total. The molecule has 0 fully saturated rings. The summed E-state index contributed by atoms with van der Waals surface area (Å²) in [6.45, 7) is 3.34. The first-order chi connectivity index (χ1) is 10.8. The van der Waals surface area contributed by atoms with Crippen molar-refractivity contribution >= 4 is 21.8 Å². The van der Waals surface area contributed by atoms with E-state index in [1.807, 2.05) is 0 Å². The van der Waals surface area contributed by atoms with Gasteiger partial charge in [0, 0.05) is 5.70 Å². The summed E-state index contributed by atoms with van der Waals surface area (Å²) in [5.74, 6) is -1.07. The SMILES string of the molecule is CCOC(=O)C1=C(C)NC(=O)NC1CS(=O)(=O)c1ccccc1. The summed E-state index contributed by atoms with van der Waals surface area (Å²) < 4.78 is 29.9. The van der Waals surface area contributed by atoms with Gasteiger partial charge in [0.1, 0.15) is 0 Å². The Morgan fingerprint density at radius 2 is 1.91 bits per heavy atom. The van der Waals surface area contributed by atoms with E-state index in [-0.39, 0.29) is 17.1 Å². The van der Waals surface area contributed by atoms with Crippen LogP contribution in [0.1, 0.15) is 13.8 Å². The number of ether oxygens (including phenoxy) is 1. The van der Waals surface area contributed by atoms with Crippen molar-refractivity contribution in [3.63, 3.8) is 0 Å². The topological polar surface area (TPSA) is 102 Å². The third-order valence-electron chi connectivity index (χ3n) is 3.34. The van der Waals surface area contributed by atoms with Gasteiger partial charge in [0.05, 0.1) is 28.9 Å². The van der Waals surface area contributed by atoms with E-state index in [2.05, 4.69) is 10.6 Å². The number of carbonyl (C=O) groups is 2. The summed E-state index contributed by atoms with van der Waals surface area (Å²) >= 11 is 0. The van der Waals surface area contributed by atoms with Crippen molar-refractivity contribution in [2.24, 2.45) is 0 Å². The van der Waals surface area contributed by atoms with Crippen molar-refractivity contribution in [1.29, 1.82) is 0 Å². The fraction of sp³-hybridized carbons (Fsp3) is 0.333. The number of hydrogen-bond acceptors (Lipinski definition) is 5. The summed E-state index contributed by atoms with van der Waals surface area (Å²) in [4.78, 5) is 23.8. The van der Waals surface area contributed by atoms with Gasteiger partial charge in [0.15, 0.2) is 9.84 Å². The predicted octanol–water partition coefficient (Wildman–Crippen LogP) is 0.979. The first-order valence-electron chi connectivity index (χ1n) is 7.08. The summed E-state index contributed by atoms with van der Waals surface area (Å²) in [6.07, 6.45) is 0. The van der Waals surface area contributed by atoms with Crippen LogP contribution in [0, 0.1) is 0 Å². The number of nitrogens with one attached hydrogen (secondary N) is 2. The third-order valence-corrected chi connectivity index (χ3v) is 5.11. The number of rotatable bonds is 5. The normalized spacial score (nSPS) is 18.2. The Bertz CT molecular complexity index is 740. The Labute approximate surface area is 134 Å². The largest absolute Gasteiger partial charge is 0.463 e. The average Bonchev–Trinajstić information content (AvgIpc) is 2.47. The molecule has 0 aliphatic carbocycles. The Balaban J connectivity index is 2.34. The van der Waals surface area contributed by atoms with Crippen molar-refractivity contribution in [2.45, 2.75) is 24.8 Å². The second-order valence-corrected chi connectivity index (χ2v) is 7.04. The highest BCUT2D eigenvalue weighted by Crippen LogP contribution is 2.19. The lowest BCUT2D eigenvalue weighted by Gasteiger charge is -2.27. The molecule has 1 heterocycles. The van der Waals surface area contributed by atoms with Crippen LogP contribution >= 0.6 is 0 Å². The molecule has 2 rings (SSSR count). The van der Waals surface area contributed by atoms with Crippen LogP contribution in [-0.4, -0.2) is 38.8 Å². The van der Waals surface area contributed by atoms with E-state index in [4.69, 9.17) is 4.74 Å². The molecule has 1 aliphatic rings. The second kappa shape index (κ2) is 6.82. The van der Waals surface area contributed by atoms with E-state index >= 15 is 0 Å². The quantitative estimate of drug-likeness (QED) is 0.779. The lowest BCUT2D eigenvalue weighted by atomic mass is 10.1. The maximum atomic E-state index is 12.5. The van der Waals surface area contributed by atoms with Crippen LogP contribution in [0.4, 0.5) is 4.79 Å². The number of sulfone groups is 1. The Morgan fingerprint density at radius 3 is 2.52 bits per heavy atom. The highest BCUT2D eigenvalue weighted by Gasteiger charge is 2.34. The molecule has 1 aromatic rings. The van der Waals surface area contributed by atoms with Crippen LogP contribution in [0.5, 0.6) is 0 Å². The van der Waals surface area contributed by atoms with Gasteiger partial charge in [0.25, 0.3) is 0 Å². The molecule has 1 unspecified atom stereocenters. The maximum Gasteiger partial charge on any atom is 0.337 e. The maximum absolute atomic E-state index is 12.5. The molecule has 0 aromatic heterocycles. The van der Waals surface area contributed by atoms with E-state index in [1.165, 1.54) is 19.1 Å². The van der Waals surface area contributed by atoms with Crippen molar-refractivity contribution < 1.29 is 22.7 Å². The number of allylic oxidation sites excluding steroid dienone is 1.